The Morgan fingerprint density at radius 3 is 2.79 bits per heavy atom. The number of allylic oxidation sites excluding steroid dienone is 1. The molecule has 0 atom stereocenters. The van der Waals surface area contributed by atoms with Crippen LogP contribution < -0.4 is 0 Å². The molecule has 78 valence electrons. The first-order chi connectivity index (χ1) is 6.66. The van der Waals surface area contributed by atoms with E-state index >= 15 is 0 Å². The van der Waals surface area contributed by atoms with Crippen molar-refractivity contribution in [1.29, 1.82) is 0 Å². The van der Waals surface area contributed by atoms with Gasteiger partial charge in [-0.3, -0.25) is 4.57 Å². The van der Waals surface area contributed by atoms with Crippen LogP contribution in [0.5, 0.6) is 0 Å². The van der Waals surface area contributed by atoms with E-state index in [9.17, 15) is 0 Å². The van der Waals surface area contributed by atoms with Crippen molar-refractivity contribution in [2.45, 2.75) is 13.7 Å². The predicted molar refractivity (Wildman–Crippen MR) is 60.7 cm³/mol. The minimum absolute atomic E-state index is 0.271. The maximum absolute atomic E-state index is 5.87. The van der Waals surface area contributed by atoms with Gasteiger partial charge in [0.25, 0.3) is 0 Å². The average Bonchev–Trinajstić information content (AvgIpc) is 2.38. The Morgan fingerprint density at radius 1 is 1.57 bits per heavy atom. The first-order valence-electron chi connectivity index (χ1n) is 3.92. The Kier molecular flexibility index (Phi) is 4.95. The van der Waals surface area contributed by atoms with E-state index in [-0.39, 0.29) is 5.15 Å². The summed E-state index contributed by atoms with van der Waals surface area (Å²) in [7, 11) is 0. The quantitative estimate of drug-likeness (QED) is 0.628. The van der Waals surface area contributed by atoms with Crippen LogP contribution in [0.25, 0.3) is 0 Å². The van der Waals surface area contributed by atoms with E-state index < -0.39 is 0 Å². The molecule has 0 spiro atoms. The van der Waals surface area contributed by atoms with Gasteiger partial charge in [0.05, 0.1) is 6.61 Å². The molecule has 6 heteroatoms. The smallest absolute Gasteiger partial charge is 0.181 e. The molecular formula is C8H9BrCl2N2O. The van der Waals surface area contributed by atoms with Gasteiger partial charge in [0.2, 0.25) is 0 Å². The van der Waals surface area contributed by atoms with Crippen molar-refractivity contribution < 1.29 is 4.74 Å². The molecule has 0 amide bonds. The molecule has 0 saturated heterocycles. The summed E-state index contributed by atoms with van der Waals surface area (Å²) in [5, 5.41) is 0.646. The van der Waals surface area contributed by atoms with Crippen molar-refractivity contribution in [2.24, 2.45) is 0 Å². The minimum atomic E-state index is 0.271. The van der Waals surface area contributed by atoms with Crippen molar-refractivity contribution in [2.75, 3.05) is 6.61 Å². The van der Waals surface area contributed by atoms with E-state index in [4.69, 9.17) is 27.9 Å². The molecule has 3 nitrogen and oxygen atoms in total. The highest BCUT2D eigenvalue weighted by Gasteiger charge is 2.11. The lowest BCUT2D eigenvalue weighted by molar-refractivity contribution is 0.0986. The van der Waals surface area contributed by atoms with Crippen molar-refractivity contribution in [3.8, 4) is 0 Å². The van der Waals surface area contributed by atoms with Crippen molar-refractivity contribution in [1.82, 2.24) is 9.55 Å². The van der Waals surface area contributed by atoms with Gasteiger partial charge in [0.15, 0.2) is 15.0 Å². The minimum Gasteiger partial charge on any atom is -0.357 e. The molecule has 1 heterocycles. The summed E-state index contributed by atoms with van der Waals surface area (Å²) < 4.78 is 7.49. The zero-order valence-corrected chi connectivity index (χ0v) is 10.6. The van der Waals surface area contributed by atoms with Crippen molar-refractivity contribution >= 4 is 39.1 Å². The highest BCUT2D eigenvalue weighted by Crippen LogP contribution is 2.25. The molecule has 1 aromatic rings. The molecule has 0 N–H and O–H groups in total. The second-order valence-corrected chi connectivity index (χ2v) is 3.88. The molecule has 0 saturated carbocycles. The highest BCUT2D eigenvalue weighted by molar-refractivity contribution is 9.10. The fraction of sp³-hybridized carbons (Fsp3) is 0.375. The summed E-state index contributed by atoms with van der Waals surface area (Å²) in [5.41, 5.74) is 0. The number of rotatable bonds is 4. The van der Waals surface area contributed by atoms with Crippen LogP contribution in [0.1, 0.15) is 6.92 Å². The maximum atomic E-state index is 5.87. The third-order valence-corrected chi connectivity index (χ3v) is 2.84. The molecule has 14 heavy (non-hydrogen) atoms. The van der Waals surface area contributed by atoms with E-state index in [2.05, 4.69) is 20.9 Å². The van der Waals surface area contributed by atoms with Gasteiger partial charge in [-0.05, 0) is 22.9 Å². The Labute approximate surface area is 101 Å². The van der Waals surface area contributed by atoms with E-state index in [0.29, 0.717) is 23.2 Å². The van der Waals surface area contributed by atoms with Crippen LogP contribution in [0.2, 0.25) is 10.3 Å². The molecule has 0 unspecified atom stereocenters. The third-order valence-electron chi connectivity index (χ3n) is 1.49. The summed E-state index contributed by atoms with van der Waals surface area (Å²) >= 11 is 14.8. The SMILES string of the molecule is C/C=C/COCn1c(Br)nc(Cl)c1Cl. The lowest BCUT2D eigenvalue weighted by Crippen LogP contribution is -2.02. The standard InChI is InChI=1S/C8H9BrCl2N2O/c1-2-3-4-14-5-13-7(11)6(10)12-8(13)9/h2-3H,4-5H2,1H3/b3-2+. The van der Waals surface area contributed by atoms with Crippen LogP contribution in [0.3, 0.4) is 0 Å². The first kappa shape index (κ1) is 12.0. The fourth-order valence-corrected chi connectivity index (χ4v) is 1.81. The highest BCUT2D eigenvalue weighted by atomic mass is 79.9. The normalized spacial score (nSPS) is 11.4. The van der Waals surface area contributed by atoms with Crippen LogP contribution in [-0.4, -0.2) is 16.2 Å². The number of aromatic nitrogens is 2. The van der Waals surface area contributed by atoms with Gasteiger partial charge in [-0.25, -0.2) is 4.98 Å². The molecule has 0 fully saturated rings. The molecule has 0 aliphatic rings. The number of imidazole rings is 1. The van der Waals surface area contributed by atoms with Crippen LogP contribution in [0.4, 0.5) is 0 Å². The largest absolute Gasteiger partial charge is 0.357 e. The van der Waals surface area contributed by atoms with Gasteiger partial charge in [0.1, 0.15) is 6.73 Å². The molecule has 0 aromatic carbocycles. The topological polar surface area (TPSA) is 27.1 Å². The second-order valence-electron chi connectivity index (χ2n) is 2.46. The molecule has 1 aromatic heterocycles. The van der Waals surface area contributed by atoms with Crippen LogP contribution in [-0.2, 0) is 11.5 Å². The summed E-state index contributed by atoms with van der Waals surface area (Å²) in [6.45, 7) is 2.79. The van der Waals surface area contributed by atoms with Gasteiger partial charge in [-0.1, -0.05) is 35.4 Å². The Hall–Kier alpha value is -0.0300. The second kappa shape index (κ2) is 5.75. The number of hydrogen-bond donors (Lipinski definition) is 0. The molecule has 0 aliphatic carbocycles. The van der Waals surface area contributed by atoms with Gasteiger partial charge < -0.3 is 4.74 Å². The number of halogens is 3. The van der Waals surface area contributed by atoms with E-state index in [1.807, 2.05) is 19.1 Å². The van der Waals surface area contributed by atoms with Crippen LogP contribution in [0.15, 0.2) is 16.9 Å². The Balaban J connectivity index is 2.58. The van der Waals surface area contributed by atoms with Gasteiger partial charge >= 0.3 is 0 Å². The van der Waals surface area contributed by atoms with Gasteiger partial charge in [0, 0.05) is 0 Å². The molecule has 0 radical (unpaired) electrons. The van der Waals surface area contributed by atoms with Gasteiger partial charge in [-0.2, -0.15) is 0 Å². The zero-order valence-electron chi connectivity index (χ0n) is 7.51. The fourth-order valence-electron chi connectivity index (χ4n) is 0.798. The Bertz CT molecular complexity index is 338. The third kappa shape index (κ3) is 2.98. The molecular weight excluding hydrogens is 291 g/mol. The number of hydrogen-bond acceptors (Lipinski definition) is 2. The maximum Gasteiger partial charge on any atom is 0.181 e. The van der Waals surface area contributed by atoms with Gasteiger partial charge in [-0.15, -0.1) is 0 Å². The molecule has 1 rings (SSSR count). The molecule has 0 aliphatic heterocycles. The summed E-state index contributed by atoms with van der Waals surface area (Å²) in [5.74, 6) is 0. The molecule has 0 bridgehead atoms. The van der Waals surface area contributed by atoms with E-state index in [1.54, 1.807) is 4.57 Å². The Morgan fingerprint density at radius 2 is 2.29 bits per heavy atom. The number of ether oxygens (including phenoxy) is 1. The average molecular weight is 300 g/mol. The summed E-state index contributed by atoms with van der Waals surface area (Å²) in [6, 6.07) is 0. The van der Waals surface area contributed by atoms with Crippen molar-refractivity contribution in [3.05, 3.63) is 27.2 Å². The zero-order chi connectivity index (χ0) is 10.6. The lowest BCUT2D eigenvalue weighted by Gasteiger charge is -2.04. The predicted octanol–water partition coefficient (Wildman–Crippen LogP) is 3.50. The lowest BCUT2D eigenvalue weighted by atomic mass is 10.6. The van der Waals surface area contributed by atoms with Crippen LogP contribution in [0, 0.1) is 0 Å². The monoisotopic (exact) mass is 298 g/mol. The number of nitrogens with zero attached hydrogens (tertiary/aromatic N) is 2. The summed E-state index contributed by atoms with van der Waals surface area (Å²) in [6.07, 6.45) is 3.82. The van der Waals surface area contributed by atoms with Crippen molar-refractivity contribution in [3.63, 3.8) is 0 Å². The van der Waals surface area contributed by atoms with E-state index in [0.717, 1.165) is 0 Å². The van der Waals surface area contributed by atoms with Crippen LogP contribution >= 0.6 is 39.1 Å². The van der Waals surface area contributed by atoms with E-state index in [1.165, 1.54) is 0 Å². The summed E-state index contributed by atoms with van der Waals surface area (Å²) in [4.78, 5) is 3.92. The first-order valence-corrected chi connectivity index (χ1v) is 5.47.